The molecule has 0 rings (SSSR count). The molecular formula is H9Na3O9S6. The average Bonchev–Trinajstić information content (AvgIpc) is 1.41. The van der Waals surface area contributed by atoms with E-state index in [9.17, 15) is 0 Å². The Morgan fingerprint density at radius 1 is 0.556 bits per heavy atom. The van der Waals surface area contributed by atoms with Crippen molar-refractivity contribution in [3.63, 3.8) is 0 Å². The predicted octanol–water partition coefficient (Wildman–Crippen LogP) is -9.61. The minimum Gasteiger partial charge on any atom is -1.00 e. The maximum absolute atomic E-state index is 9.11. The van der Waals surface area contributed by atoms with Crippen LogP contribution >= 0.6 is 0 Å². The summed E-state index contributed by atoms with van der Waals surface area (Å²) in [5.41, 5.74) is 0. The van der Waals surface area contributed by atoms with Gasteiger partial charge in [0.15, 0.2) is 0 Å². The molecule has 0 saturated heterocycles. The molecule has 0 aliphatic heterocycles. The van der Waals surface area contributed by atoms with Crippen LogP contribution in [0, 0.1) is 0 Å². The molecule has 0 radical (unpaired) electrons. The molecule has 0 aliphatic rings. The summed E-state index contributed by atoms with van der Waals surface area (Å²) in [7, 11) is -11.5. The van der Waals surface area contributed by atoms with Crippen LogP contribution in [0.4, 0.5) is 0 Å². The Hall–Kier alpha value is 3.87. The first-order chi connectivity index (χ1) is 6.00. The van der Waals surface area contributed by atoms with Crippen molar-refractivity contribution in [2.24, 2.45) is 0 Å². The quantitative estimate of drug-likeness (QED) is 0.207. The van der Waals surface area contributed by atoms with Gasteiger partial charge in [0, 0.05) is 33.6 Å². The molecule has 0 heterocycles. The summed E-state index contributed by atoms with van der Waals surface area (Å²) in [6.45, 7) is 0. The van der Waals surface area contributed by atoms with E-state index in [1.807, 2.05) is 0 Å². The van der Waals surface area contributed by atoms with Crippen molar-refractivity contribution in [3.8, 4) is 0 Å². The SMILES string of the molecule is O=S(O)(O)=S.O=S(O)(O)=S.O=S(O)(O)=S.[H-].[H-].[H-].[Na+].[Na+].[Na+]. The zero-order valence-electron chi connectivity index (χ0n) is 12.4. The Labute approximate surface area is 190 Å². The van der Waals surface area contributed by atoms with Gasteiger partial charge in [-0.05, 0) is 0 Å². The predicted molar refractivity (Wildman–Crippen MR) is 65.6 cm³/mol. The van der Waals surface area contributed by atoms with E-state index in [0.717, 1.165) is 0 Å². The van der Waals surface area contributed by atoms with Gasteiger partial charge < -0.3 is 4.28 Å². The standard InChI is InChI=1S/3Na.3H2O3S2.3H/c;;;3*1-5(2,3)4;;;/h;;;3*(H2,1,2,3,4);;;/q3*+1;;;;3*-1. The van der Waals surface area contributed by atoms with Gasteiger partial charge in [-0.2, -0.15) is 12.6 Å². The van der Waals surface area contributed by atoms with Crippen LogP contribution in [0.15, 0.2) is 0 Å². The maximum atomic E-state index is 9.11. The van der Waals surface area contributed by atoms with E-state index < -0.39 is 27.2 Å². The van der Waals surface area contributed by atoms with Crippen molar-refractivity contribution in [1.82, 2.24) is 0 Å². The molecular weight excluding hydrogens is 405 g/mol. The molecule has 9 nitrogen and oxygen atoms in total. The molecule has 0 aliphatic carbocycles. The molecule has 18 heavy (non-hydrogen) atoms. The van der Waals surface area contributed by atoms with Crippen molar-refractivity contribution in [2.75, 3.05) is 0 Å². The fraction of sp³-hybridized carbons (Fsp3) is 0. The average molecular weight is 414 g/mol. The van der Waals surface area contributed by atoms with Gasteiger partial charge >= 0.3 is 88.7 Å². The Morgan fingerprint density at radius 3 is 0.556 bits per heavy atom. The molecule has 0 unspecified atom stereocenters. The Morgan fingerprint density at radius 2 is 0.556 bits per heavy atom. The molecule has 0 atom stereocenters. The van der Waals surface area contributed by atoms with Crippen LogP contribution in [-0.4, -0.2) is 39.9 Å². The van der Waals surface area contributed by atoms with Crippen LogP contribution in [0.25, 0.3) is 0 Å². The minimum absolute atomic E-state index is 0. The molecule has 102 valence electrons. The Kier molecular flexibility index (Phi) is 36.2. The van der Waals surface area contributed by atoms with Crippen molar-refractivity contribution in [3.05, 3.63) is 0 Å². The molecule has 6 N–H and O–H groups in total. The number of rotatable bonds is 0. The van der Waals surface area contributed by atoms with E-state index in [2.05, 4.69) is 33.6 Å². The first-order valence-corrected chi connectivity index (χ1v) is 9.29. The first-order valence-electron chi connectivity index (χ1n) is 2.10. The summed E-state index contributed by atoms with van der Waals surface area (Å²) in [5, 5.41) is 0. The molecule has 0 aromatic rings. The largest absolute Gasteiger partial charge is 1.00 e. The fourth-order valence-corrected chi connectivity index (χ4v) is 0. The van der Waals surface area contributed by atoms with Crippen LogP contribution in [0.3, 0.4) is 0 Å². The van der Waals surface area contributed by atoms with Gasteiger partial charge in [0.25, 0.3) is 27.2 Å². The topological polar surface area (TPSA) is 173 Å². The van der Waals surface area contributed by atoms with Gasteiger partial charge in [0.2, 0.25) is 0 Å². The van der Waals surface area contributed by atoms with Crippen molar-refractivity contribution >= 4 is 60.7 Å². The summed E-state index contributed by atoms with van der Waals surface area (Å²) in [6.07, 6.45) is 0. The summed E-state index contributed by atoms with van der Waals surface area (Å²) in [6, 6.07) is 0. The van der Waals surface area contributed by atoms with E-state index in [1.54, 1.807) is 0 Å². The van der Waals surface area contributed by atoms with Crippen LogP contribution in [-0.2, 0) is 60.7 Å². The minimum atomic E-state index is -3.83. The smallest absolute Gasteiger partial charge is 1.00 e. The Balaban J connectivity index is -0.0000000129. The summed E-state index contributed by atoms with van der Waals surface area (Å²) >= 11 is 10.4. The number of hydrogen-bond acceptors (Lipinski definition) is 6. The van der Waals surface area contributed by atoms with E-state index in [1.165, 1.54) is 0 Å². The second-order valence-corrected chi connectivity index (χ2v) is 7.94. The van der Waals surface area contributed by atoms with Gasteiger partial charge in [-0.15, -0.1) is 0 Å². The molecule has 0 amide bonds. The summed E-state index contributed by atoms with van der Waals surface area (Å²) in [5.74, 6) is 0. The maximum Gasteiger partial charge on any atom is 1.00 e. The second-order valence-electron chi connectivity index (χ2n) is 1.34. The van der Waals surface area contributed by atoms with Crippen LogP contribution in [0.2, 0.25) is 0 Å². The molecule has 0 fully saturated rings. The van der Waals surface area contributed by atoms with Gasteiger partial charge in [-0.3, -0.25) is 27.3 Å². The van der Waals surface area contributed by atoms with Crippen molar-refractivity contribution < 1.29 is 133 Å². The third-order valence-electron chi connectivity index (χ3n) is 0. The second kappa shape index (κ2) is 17.2. The zero-order valence-corrected chi connectivity index (χ0v) is 20.3. The zero-order chi connectivity index (χ0) is 13.5. The molecule has 0 aromatic carbocycles. The van der Waals surface area contributed by atoms with E-state index in [-0.39, 0.29) is 93.0 Å². The molecule has 0 spiro atoms. The van der Waals surface area contributed by atoms with Gasteiger partial charge in [0.05, 0.1) is 0 Å². The summed E-state index contributed by atoms with van der Waals surface area (Å²) in [4.78, 5) is 0. The fourth-order valence-electron chi connectivity index (χ4n) is 0. The van der Waals surface area contributed by atoms with Crippen molar-refractivity contribution in [1.29, 1.82) is 0 Å². The van der Waals surface area contributed by atoms with Crippen molar-refractivity contribution in [2.45, 2.75) is 0 Å². The molecule has 0 bridgehead atoms. The molecule has 0 saturated carbocycles. The first kappa shape index (κ1) is 37.8. The van der Waals surface area contributed by atoms with E-state index in [0.29, 0.717) is 0 Å². The molecule has 18 heteroatoms. The van der Waals surface area contributed by atoms with E-state index >= 15 is 0 Å². The van der Waals surface area contributed by atoms with Gasteiger partial charge in [-0.1, -0.05) is 0 Å². The van der Waals surface area contributed by atoms with Gasteiger partial charge in [0.1, 0.15) is 0 Å². The Bertz CT molecular complexity index is 360. The third kappa shape index (κ3) is 472. The number of hydrogen-bond donors (Lipinski definition) is 6. The monoisotopic (exact) mass is 414 g/mol. The van der Waals surface area contributed by atoms with Crippen LogP contribution in [0.5, 0.6) is 0 Å². The van der Waals surface area contributed by atoms with Crippen LogP contribution < -0.4 is 88.7 Å². The normalized spacial score (nSPS) is 9.67. The van der Waals surface area contributed by atoms with Crippen LogP contribution in [0.1, 0.15) is 4.28 Å². The van der Waals surface area contributed by atoms with E-state index in [4.69, 9.17) is 39.9 Å². The molecule has 0 aromatic heterocycles. The summed E-state index contributed by atoms with van der Waals surface area (Å²) < 4.78 is 71.9. The third-order valence-corrected chi connectivity index (χ3v) is 0. The van der Waals surface area contributed by atoms with Gasteiger partial charge in [-0.25, -0.2) is 0 Å².